The van der Waals surface area contributed by atoms with Crippen LogP contribution in [-0.4, -0.2) is 6.29 Å². The van der Waals surface area contributed by atoms with Crippen molar-refractivity contribution in [2.45, 2.75) is 12.8 Å². The van der Waals surface area contributed by atoms with E-state index in [4.69, 9.17) is 9.47 Å². The van der Waals surface area contributed by atoms with E-state index in [9.17, 15) is 18.0 Å². The minimum absolute atomic E-state index is 0.0147. The van der Waals surface area contributed by atoms with Crippen LogP contribution in [0.2, 0.25) is 0 Å². The highest BCUT2D eigenvalue weighted by molar-refractivity contribution is 5.79. The molecule has 6 heteroatoms. The molecule has 0 radical (unpaired) electrons. The van der Waals surface area contributed by atoms with Gasteiger partial charge in [0.1, 0.15) is 12.4 Å². The SMILES string of the molecule is O=Cc1ccc(C(F)(F)F)cc1Oc1ccccc1OCc1ccccc1. The summed E-state index contributed by atoms with van der Waals surface area (Å²) in [4.78, 5) is 11.2. The second-order valence-corrected chi connectivity index (χ2v) is 5.69. The first-order valence-electron chi connectivity index (χ1n) is 8.07. The zero-order valence-corrected chi connectivity index (χ0v) is 14.1. The van der Waals surface area contributed by atoms with E-state index in [1.165, 1.54) is 0 Å². The Morgan fingerprint density at radius 2 is 1.48 bits per heavy atom. The van der Waals surface area contributed by atoms with E-state index < -0.39 is 11.7 Å². The number of alkyl halides is 3. The van der Waals surface area contributed by atoms with Gasteiger partial charge >= 0.3 is 6.18 Å². The van der Waals surface area contributed by atoms with Crippen molar-refractivity contribution in [2.24, 2.45) is 0 Å². The van der Waals surface area contributed by atoms with E-state index >= 15 is 0 Å². The van der Waals surface area contributed by atoms with Crippen molar-refractivity contribution in [3.05, 3.63) is 89.5 Å². The molecule has 0 fully saturated rings. The summed E-state index contributed by atoms with van der Waals surface area (Å²) in [6.07, 6.45) is -4.09. The van der Waals surface area contributed by atoms with E-state index in [2.05, 4.69) is 0 Å². The van der Waals surface area contributed by atoms with E-state index in [1.807, 2.05) is 30.3 Å². The molecule has 3 aromatic rings. The number of hydrogen-bond donors (Lipinski definition) is 0. The average Bonchev–Trinajstić information content (AvgIpc) is 2.67. The predicted octanol–water partition coefficient (Wildman–Crippen LogP) is 5.89. The molecule has 3 rings (SSSR count). The smallest absolute Gasteiger partial charge is 0.416 e. The molecule has 0 atom stereocenters. The first-order chi connectivity index (χ1) is 13.0. The standard InChI is InChI=1S/C21H15F3O3/c22-21(23,24)17-11-10-16(13-25)20(12-17)27-19-9-5-4-8-18(19)26-14-15-6-2-1-3-7-15/h1-13H,14H2. The molecule has 0 unspecified atom stereocenters. The van der Waals surface area contributed by atoms with Gasteiger partial charge < -0.3 is 9.47 Å². The van der Waals surface area contributed by atoms with Crippen LogP contribution >= 0.6 is 0 Å². The summed E-state index contributed by atoms with van der Waals surface area (Å²) < 4.78 is 50.2. The van der Waals surface area contributed by atoms with Crippen LogP contribution in [0.15, 0.2) is 72.8 Å². The average molecular weight is 372 g/mol. The third-order valence-corrected chi connectivity index (χ3v) is 3.77. The number of rotatable bonds is 6. The third-order valence-electron chi connectivity index (χ3n) is 3.77. The Morgan fingerprint density at radius 3 is 2.15 bits per heavy atom. The lowest BCUT2D eigenvalue weighted by Crippen LogP contribution is -2.06. The molecule has 3 aromatic carbocycles. The lowest BCUT2D eigenvalue weighted by atomic mass is 10.1. The largest absolute Gasteiger partial charge is 0.485 e. The molecule has 0 aliphatic carbocycles. The summed E-state index contributed by atoms with van der Waals surface area (Å²) in [5.41, 5.74) is 0.0478. The van der Waals surface area contributed by atoms with Crippen LogP contribution in [0, 0.1) is 0 Å². The van der Waals surface area contributed by atoms with Crippen LogP contribution in [0.4, 0.5) is 13.2 Å². The van der Waals surface area contributed by atoms with Crippen LogP contribution in [0.5, 0.6) is 17.2 Å². The molecule has 0 saturated heterocycles. The van der Waals surface area contributed by atoms with E-state index in [0.717, 1.165) is 23.8 Å². The molecule has 0 saturated carbocycles. The van der Waals surface area contributed by atoms with Gasteiger partial charge in [0, 0.05) is 0 Å². The Kier molecular flexibility index (Phi) is 5.45. The number of halogens is 3. The maximum atomic E-state index is 13.0. The van der Waals surface area contributed by atoms with Gasteiger partial charge in [-0.1, -0.05) is 42.5 Å². The van der Waals surface area contributed by atoms with E-state index in [0.29, 0.717) is 12.0 Å². The molecule has 0 amide bonds. The fourth-order valence-corrected chi connectivity index (χ4v) is 2.40. The van der Waals surface area contributed by atoms with Crippen LogP contribution in [0.1, 0.15) is 21.5 Å². The summed E-state index contributed by atoms with van der Waals surface area (Å²) in [5.74, 6) is 0.391. The van der Waals surface area contributed by atoms with Crippen molar-refractivity contribution in [2.75, 3.05) is 0 Å². The number of ether oxygens (including phenoxy) is 2. The molecule has 0 aliphatic heterocycles. The molecule has 0 N–H and O–H groups in total. The molecule has 138 valence electrons. The number of hydrogen-bond acceptors (Lipinski definition) is 3. The summed E-state index contributed by atoms with van der Waals surface area (Å²) in [7, 11) is 0. The molecule has 0 spiro atoms. The summed E-state index contributed by atoms with van der Waals surface area (Å²) >= 11 is 0. The van der Waals surface area contributed by atoms with Crippen molar-refractivity contribution in [1.29, 1.82) is 0 Å². The fourth-order valence-electron chi connectivity index (χ4n) is 2.40. The summed E-state index contributed by atoms with van der Waals surface area (Å²) in [6.45, 7) is 0.268. The topological polar surface area (TPSA) is 35.5 Å². The van der Waals surface area contributed by atoms with Gasteiger partial charge in [-0.3, -0.25) is 4.79 Å². The predicted molar refractivity (Wildman–Crippen MR) is 94.1 cm³/mol. The Balaban J connectivity index is 1.86. The highest BCUT2D eigenvalue weighted by atomic mass is 19.4. The van der Waals surface area contributed by atoms with Gasteiger partial charge in [-0.05, 0) is 35.9 Å². The number of para-hydroxylation sites is 2. The molecular weight excluding hydrogens is 357 g/mol. The minimum atomic E-state index is -4.54. The first kappa shape index (κ1) is 18.5. The van der Waals surface area contributed by atoms with Crippen molar-refractivity contribution in [1.82, 2.24) is 0 Å². The lowest BCUT2D eigenvalue weighted by molar-refractivity contribution is -0.137. The molecule has 0 aliphatic rings. The van der Waals surface area contributed by atoms with Crippen molar-refractivity contribution in [3.63, 3.8) is 0 Å². The molecule has 27 heavy (non-hydrogen) atoms. The highest BCUT2D eigenvalue weighted by Gasteiger charge is 2.31. The molecule has 3 nitrogen and oxygen atoms in total. The molecule has 0 bridgehead atoms. The van der Waals surface area contributed by atoms with Gasteiger partial charge in [0.15, 0.2) is 17.8 Å². The number of benzene rings is 3. The highest BCUT2D eigenvalue weighted by Crippen LogP contribution is 2.37. The third kappa shape index (κ3) is 4.67. The molecule has 0 heterocycles. The van der Waals surface area contributed by atoms with E-state index in [-0.39, 0.29) is 23.7 Å². The first-order valence-corrected chi connectivity index (χ1v) is 8.07. The Labute approximate surface area is 154 Å². The Morgan fingerprint density at radius 1 is 0.815 bits per heavy atom. The van der Waals surface area contributed by atoms with Crippen molar-refractivity contribution in [3.8, 4) is 17.2 Å². The maximum Gasteiger partial charge on any atom is 0.416 e. The maximum absolute atomic E-state index is 13.0. The Bertz CT molecular complexity index is 921. The zero-order valence-electron chi connectivity index (χ0n) is 14.1. The second-order valence-electron chi connectivity index (χ2n) is 5.69. The van der Waals surface area contributed by atoms with Gasteiger partial charge in [-0.2, -0.15) is 13.2 Å². The molecule has 0 aromatic heterocycles. The van der Waals surface area contributed by atoms with Gasteiger partial charge in [-0.15, -0.1) is 0 Å². The monoisotopic (exact) mass is 372 g/mol. The van der Waals surface area contributed by atoms with Crippen molar-refractivity contribution < 1.29 is 27.4 Å². The molecular formula is C21H15F3O3. The second kappa shape index (κ2) is 7.95. The van der Waals surface area contributed by atoms with Crippen molar-refractivity contribution >= 4 is 6.29 Å². The van der Waals surface area contributed by atoms with Crippen LogP contribution < -0.4 is 9.47 Å². The van der Waals surface area contributed by atoms with Gasteiger partial charge in [0.25, 0.3) is 0 Å². The van der Waals surface area contributed by atoms with Crippen LogP contribution in [0.25, 0.3) is 0 Å². The summed E-state index contributed by atoms with van der Waals surface area (Å²) in [5, 5.41) is 0. The fraction of sp³-hybridized carbons (Fsp3) is 0.0952. The Hall–Kier alpha value is -3.28. The van der Waals surface area contributed by atoms with Gasteiger partial charge in [0.05, 0.1) is 11.1 Å². The zero-order chi connectivity index (χ0) is 19.3. The van der Waals surface area contributed by atoms with Crippen LogP contribution in [-0.2, 0) is 12.8 Å². The lowest BCUT2D eigenvalue weighted by Gasteiger charge is -2.15. The van der Waals surface area contributed by atoms with Crippen LogP contribution in [0.3, 0.4) is 0 Å². The van der Waals surface area contributed by atoms with Gasteiger partial charge in [0.2, 0.25) is 0 Å². The quantitative estimate of drug-likeness (QED) is 0.506. The number of carbonyl (C=O) groups is 1. The number of carbonyl (C=O) groups excluding carboxylic acids is 1. The summed E-state index contributed by atoms with van der Waals surface area (Å²) in [6, 6.07) is 18.7. The normalized spacial score (nSPS) is 11.1. The van der Waals surface area contributed by atoms with E-state index in [1.54, 1.807) is 24.3 Å². The van der Waals surface area contributed by atoms with Gasteiger partial charge in [-0.25, -0.2) is 0 Å². The minimum Gasteiger partial charge on any atom is -0.485 e. The number of aldehydes is 1.